The predicted molar refractivity (Wildman–Crippen MR) is 57.6 cm³/mol. The van der Waals surface area contributed by atoms with Gasteiger partial charge in [0.15, 0.2) is 0 Å². The summed E-state index contributed by atoms with van der Waals surface area (Å²) in [5.41, 5.74) is 0.150. The zero-order valence-electron chi connectivity index (χ0n) is 15.7. The van der Waals surface area contributed by atoms with E-state index >= 15 is 0 Å². The summed E-state index contributed by atoms with van der Waals surface area (Å²) < 4.78 is 63.3. The van der Waals surface area contributed by atoms with Crippen molar-refractivity contribution in [1.82, 2.24) is 0 Å². The number of rotatable bonds is 1. The van der Waals surface area contributed by atoms with Gasteiger partial charge in [-0.15, -0.1) is 0 Å². The summed E-state index contributed by atoms with van der Waals surface area (Å²) in [5, 5.41) is 0. The first kappa shape index (κ1) is 3.43. The molecule has 0 bridgehead atoms. The molecule has 0 unspecified atom stereocenters. The quantitative estimate of drug-likeness (QED) is 0.482. The molecule has 1 aromatic carbocycles. The molecule has 2 rings (SSSR count). The topological polar surface area (TPSA) is 3.88 Å². The van der Waals surface area contributed by atoms with Gasteiger partial charge in [-0.1, -0.05) is 36.3 Å². The van der Waals surface area contributed by atoms with Gasteiger partial charge < -0.3 is 4.57 Å². The van der Waals surface area contributed by atoms with E-state index < -0.39 is 30.3 Å². The van der Waals surface area contributed by atoms with E-state index in [1.807, 2.05) is 0 Å². The van der Waals surface area contributed by atoms with Crippen LogP contribution < -0.4 is 4.57 Å². The van der Waals surface area contributed by atoms with E-state index in [0.29, 0.717) is 0 Å². The van der Waals surface area contributed by atoms with Gasteiger partial charge >= 0.3 is 0 Å². The molecule has 0 saturated heterocycles. The SMILES string of the molecule is [2H]c1c([2H])c([2H])c(-c2c([2H])c([2H])c([2H])c([2H])[n+]2[CH2-])c(C)c1[2H]. The van der Waals surface area contributed by atoms with Gasteiger partial charge in [-0.25, -0.2) is 0 Å². The predicted octanol–water partition coefficient (Wildman–Crippen LogP) is 2.59. The average molecular weight is 191 g/mol. The Morgan fingerprint density at radius 1 is 1.14 bits per heavy atom. The molecule has 0 aliphatic rings. The molecule has 0 amide bonds. The Hall–Kier alpha value is -1.76. The second kappa shape index (κ2) is 3.54. The minimum atomic E-state index is -0.480. The van der Waals surface area contributed by atoms with Crippen molar-refractivity contribution < 1.29 is 15.5 Å². The van der Waals surface area contributed by atoms with E-state index in [1.54, 1.807) is 0 Å². The second-order valence-electron chi connectivity index (χ2n) is 2.76. The third kappa shape index (κ3) is 1.49. The van der Waals surface area contributed by atoms with E-state index in [2.05, 4.69) is 7.05 Å². The van der Waals surface area contributed by atoms with Crippen LogP contribution in [0.5, 0.6) is 0 Å². The highest BCUT2D eigenvalue weighted by molar-refractivity contribution is 5.60. The Morgan fingerprint density at radius 2 is 1.86 bits per heavy atom. The van der Waals surface area contributed by atoms with Gasteiger partial charge in [0, 0.05) is 7.05 Å². The van der Waals surface area contributed by atoms with Crippen molar-refractivity contribution in [2.24, 2.45) is 0 Å². The maximum absolute atomic E-state index is 8.01. The largest absolute Gasteiger partial charge is 0.333 e. The normalized spacial score (nSPS) is 18.1. The van der Waals surface area contributed by atoms with Gasteiger partial charge in [0.2, 0.25) is 0 Å². The summed E-state index contributed by atoms with van der Waals surface area (Å²) >= 11 is 0. The van der Waals surface area contributed by atoms with Gasteiger partial charge in [0.05, 0.1) is 17.1 Å². The highest BCUT2D eigenvalue weighted by atomic mass is 14.9. The zero-order chi connectivity index (χ0) is 16.9. The fraction of sp³-hybridized carbons (Fsp3) is 0.0769. The lowest BCUT2D eigenvalue weighted by Crippen LogP contribution is -2.27. The summed E-state index contributed by atoms with van der Waals surface area (Å²) in [6.45, 7) is 1.48. The summed E-state index contributed by atoms with van der Waals surface area (Å²) in [4.78, 5) is 0. The van der Waals surface area contributed by atoms with Crippen molar-refractivity contribution >= 4 is 0 Å². The monoisotopic (exact) mass is 191 g/mol. The Kier molecular flexibility index (Phi) is 0.867. The lowest BCUT2D eigenvalue weighted by Gasteiger charge is -2.09. The number of aromatic nitrogens is 1. The third-order valence-corrected chi connectivity index (χ3v) is 1.82. The van der Waals surface area contributed by atoms with Crippen LogP contribution in [-0.4, -0.2) is 0 Å². The minimum Gasteiger partial charge on any atom is -0.333 e. The van der Waals surface area contributed by atoms with Crippen molar-refractivity contribution in [3.63, 3.8) is 0 Å². The summed E-state index contributed by atoms with van der Waals surface area (Å²) in [7, 11) is 3.58. The molecule has 2 aromatic rings. The minimum absolute atomic E-state index is 0.0213. The number of benzene rings is 1. The number of hydrogen-bond donors (Lipinski definition) is 0. The fourth-order valence-electron chi connectivity index (χ4n) is 1.12. The molecule has 0 radical (unpaired) electrons. The van der Waals surface area contributed by atoms with Gasteiger partial charge in [0.25, 0.3) is 0 Å². The number of nitrogens with zero attached hydrogens (tertiary/aromatic N) is 1. The maximum atomic E-state index is 8.01. The summed E-state index contributed by atoms with van der Waals surface area (Å²) in [6, 6.07) is -2.79. The highest BCUT2D eigenvalue weighted by Gasteiger charge is 2.02. The molecule has 0 aliphatic heterocycles. The molecule has 0 atom stereocenters. The van der Waals surface area contributed by atoms with Crippen molar-refractivity contribution in [1.29, 1.82) is 0 Å². The third-order valence-electron chi connectivity index (χ3n) is 1.82. The van der Waals surface area contributed by atoms with Crippen LogP contribution in [0.3, 0.4) is 0 Å². The van der Waals surface area contributed by atoms with Crippen LogP contribution >= 0.6 is 0 Å². The van der Waals surface area contributed by atoms with Crippen molar-refractivity contribution in [3.05, 3.63) is 61.1 Å². The van der Waals surface area contributed by atoms with Crippen molar-refractivity contribution in [2.45, 2.75) is 6.92 Å². The first-order chi connectivity index (χ1) is 10.1. The Labute approximate surface area is 95.9 Å². The van der Waals surface area contributed by atoms with Crippen molar-refractivity contribution in [3.8, 4) is 11.3 Å². The first-order valence-electron chi connectivity index (χ1n) is 8.01. The molecular weight excluding hydrogens is 170 g/mol. The van der Waals surface area contributed by atoms with Gasteiger partial charge in [-0.2, -0.15) is 0 Å². The van der Waals surface area contributed by atoms with E-state index in [4.69, 9.17) is 11.0 Å². The average Bonchev–Trinajstić information content (AvgIpc) is 2.50. The second-order valence-corrected chi connectivity index (χ2v) is 2.76. The molecule has 0 saturated carbocycles. The highest BCUT2D eigenvalue weighted by Crippen LogP contribution is 2.18. The van der Waals surface area contributed by atoms with Crippen LogP contribution in [-0.2, 0) is 0 Å². The van der Waals surface area contributed by atoms with Crippen LogP contribution in [0.4, 0.5) is 0 Å². The summed E-state index contributed by atoms with van der Waals surface area (Å²) in [5.74, 6) is 0. The smallest absolute Gasteiger partial charge is 0.112 e. The molecule has 1 aromatic heterocycles. The van der Waals surface area contributed by atoms with Crippen molar-refractivity contribution in [2.75, 3.05) is 0 Å². The van der Waals surface area contributed by atoms with Gasteiger partial charge in [-0.3, -0.25) is 0 Å². The molecule has 0 aliphatic carbocycles. The fourth-order valence-corrected chi connectivity index (χ4v) is 1.12. The molecular formula is C13H13N. The number of pyridine rings is 1. The standard InChI is InChI=1S/C13H13N/c1-11-7-3-4-8-12(11)13-9-5-6-10-14(13)2/h3-10H,2H2,1H3/i3D,4D,5D,6D,7D,8D,9D,10D. The molecule has 0 N–H and O–H groups in total. The Morgan fingerprint density at radius 3 is 2.71 bits per heavy atom. The van der Waals surface area contributed by atoms with Crippen LogP contribution in [0.15, 0.2) is 48.5 Å². The summed E-state index contributed by atoms with van der Waals surface area (Å²) in [6.07, 6.45) is -0.400. The zero-order valence-corrected chi connectivity index (χ0v) is 7.65. The van der Waals surface area contributed by atoms with Crippen LogP contribution in [0, 0.1) is 14.0 Å². The molecule has 1 heteroatoms. The molecule has 1 heterocycles. The molecule has 0 spiro atoms. The van der Waals surface area contributed by atoms with Gasteiger partial charge in [0.1, 0.15) is 5.69 Å². The van der Waals surface area contributed by atoms with Crippen LogP contribution in [0.2, 0.25) is 0 Å². The lowest BCUT2D eigenvalue weighted by atomic mass is 10.1. The van der Waals surface area contributed by atoms with Gasteiger partial charge in [-0.05, 0) is 24.1 Å². The van der Waals surface area contributed by atoms with E-state index in [-0.39, 0.29) is 34.9 Å². The molecule has 0 fully saturated rings. The van der Waals surface area contributed by atoms with Crippen LogP contribution in [0.25, 0.3) is 11.3 Å². The van der Waals surface area contributed by atoms with E-state index in [1.165, 1.54) is 6.92 Å². The first-order valence-corrected chi connectivity index (χ1v) is 4.01. The molecule has 14 heavy (non-hydrogen) atoms. The Balaban J connectivity index is 3.03. The van der Waals surface area contributed by atoms with E-state index in [9.17, 15) is 0 Å². The maximum Gasteiger partial charge on any atom is 0.112 e. The van der Waals surface area contributed by atoms with Crippen LogP contribution in [0.1, 0.15) is 16.5 Å². The Bertz CT molecular complexity index is 674. The molecule has 1 nitrogen and oxygen atoms in total. The van der Waals surface area contributed by atoms with E-state index in [0.717, 1.165) is 4.57 Å². The lowest BCUT2D eigenvalue weighted by molar-refractivity contribution is -0.600. The number of hydrogen-bond acceptors (Lipinski definition) is 0. The molecule has 70 valence electrons.